The van der Waals surface area contributed by atoms with E-state index in [1.54, 1.807) is 6.07 Å². The van der Waals surface area contributed by atoms with Crippen LogP contribution in [0.5, 0.6) is 0 Å². The minimum atomic E-state index is -0.331. The van der Waals surface area contributed by atoms with Crippen molar-refractivity contribution in [3.63, 3.8) is 0 Å². The van der Waals surface area contributed by atoms with Crippen LogP contribution in [-0.2, 0) is 4.74 Å². The maximum Gasteiger partial charge on any atom is 0.254 e. The van der Waals surface area contributed by atoms with E-state index in [2.05, 4.69) is 0 Å². The van der Waals surface area contributed by atoms with Gasteiger partial charge in [0.05, 0.1) is 25.4 Å². The van der Waals surface area contributed by atoms with Crippen molar-refractivity contribution >= 4 is 17.5 Å². The third-order valence-corrected chi connectivity index (χ3v) is 5.36. The standard InChI is InChI=1S/C17H22ClNO3/c1-11-12(4-2-6-14(11)18)17(21)19-8-9-22-10-15(19)13-5-3-7-16(13)20/h2,4,6,13,15-16,20H,3,5,7-10H2,1H3. The molecule has 1 saturated heterocycles. The summed E-state index contributed by atoms with van der Waals surface area (Å²) in [6, 6.07) is 5.38. The van der Waals surface area contributed by atoms with Gasteiger partial charge in [0.2, 0.25) is 0 Å². The van der Waals surface area contributed by atoms with Gasteiger partial charge in [0.15, 0.2) is 0 Å². The highest BCUT2D eigenvalue weighted by atomic mass is 35.5. The summed E-state index contributed by atoms with van der Waals surface area (Å²) in [6.45, 7) is 3.49. The molecule has 120 valence electrons. The largest absolute Gasteiger partial charge is 0.393 e. The van der Waals surface area contributed by atoms with Crippen LogP contribution in [0.25, 0.3) is 0 Å². The number of hydrogen-bond donors (Lipinski definition) is 1. The fourth-order valence-electron chi connectivity index (χ4n) is 3.64. The van der Waals surface area contributed by atoms with Crippen molar-refractivity contribution in [3.05, 3.63) is 34.3 Å². The van der Waals surface area contributed by atoms with Crippen molar-refractivity contribution in [2.24, 2.45) is 5.92 Å². The van der Waals surface area contributed by atoms with E-state index in [9.17, 15) is 9.90 Å². The summed E-state index contributed by atoms with van der Waals surface area (Å²) in [7, 11) is 0. The van der Waals surface area contributed by atoms with E-state index in [0.29, 0.717) is 30.3 Å². The minimum Gasteiger partial charge on any atom is -0.393 e. The predicted octanol–water partition coefficient (Wildman–Crippen LogP) is 2.65. The molecule has 1 saturated carbocycles. The van der Waals surface area contributed by atoms with Crippen LogP contribution in [0.2, 0.25) is 5.02 Å². The van der Waals surface area contributed by atoms with Gasteiger partial charge in [0, 0.05) is 23.0 Å². The molecule has 1 amide bonds. The lowest BCUT2D eigenvalue weighted by molar-refractivity contribution is -0.0383. The van der Waals surface area contributed by atoms with Crippen molar-refractivity contribution < 1.29 is 14.6 Å². The van der Waals surface area contributed by atoms with Gasteiger partial charge in [-0.15, -0.1) is 0 Å². The number of morpholine rings is 1. The number of halogens is 1. The lowest BCUT2D eigenvalue weighted by Crippen LogP contribution is -2.53. The van der Waals surface area contributed by atoms with E-state index < -0.39 is 0 Å². The van der Waals surface area contributed by atoms with Crippen LogP contribution in [0, 0.1) is 12.8 Å². The Balaban J connectivity index is 1.87. The first-order valence-corrected chi connectivity index (χ1v) is 8.29. The molecule has 22 heavy (non-hydrogen) atoms. The summed E-state index contributed by atoms with van der Waals surface area (Å²) in [5, 5.41) is 10.8. The summed E-state index contributed by atoms with van der Waals surface area (Å²) in [4.78, 5) is 14.9. The Morgan fingerprint density at radius 1 is 1.41 bits per heavy atom. The fourth-order valence-corrected chi connectivity index (χ4v) is 3.82. The molecule has 5 heteroatoms. The normalized spacial score (nSPS) is 28.9. The zero-order valence-corrected chi connectivity index (χ0v) is 13.6. The minimum absolute atomic E-state index is 0.00704. The molecular weight excluding hydrogens is 302 g/mol. The number of amides is 1. The summed E-state index contributed by atoms with van der Waals surface area (Å²) in [5.74, 6) is 0.108. The molecule has 1 aliphatic heterocycles. The molecule has 3 atom stereocenters. The van der Waals surface area contributed by atoms with Crippen LogP contribution < -0.4 is 0 Å². The van der Waals surface area contributed by atoms with E-state index in [0.717, 1.165) is 24.8 Å². The Morgan fingerprint density at radius 2 is 2.23 bits per heavy atom. The first-order valence-electron chi connectivity index (χ1n) is 7.91. The Hall–Kier alpha value is -1.10. The van der Waals surface area contributed by atoms with Crippen LogP contribution >= 0.6 is 11.6 Å². The van der Waals surface area contributed by atoms with Crippen molar-refractivity contribution in [2.75, 3.05) is 19.8 Å². The third kappa shape index (κ3) is 2.87. The lowest BCUT2D eigenvalue weighted by Gasteiger charge is -2.40. The van der Waals surface area contributed by atoms with E-state index in [1.807, 2.05) is 24.0 Å². The van der Waals surface area contributed by atoms with Crippen molar-refractivity contribution in [1.82, 2.24) is 4.90 Å². The van der Waals surface area contributed by atoms with Crippen LogP contribution in [0.3, 0.4) is 0 Å². The highest BCUT2D eigenvalue weighted by Gasteiger charge is 2.39. The lowest BCUT2D eigenvalue weighted by atomic mass is 9.93. The molecule has 1 aromatic rings. The monoisotopic (exact) mass is 323 g/mol. The number of hydrogen-bond acceptors (Lipinski definition) is 3. The average molecular weight is 324 g/mol. The third-order valence-electron chi connectivity index (χ3n) is 4.95. The second kappa shape index (κ2) is 6.57. The van der Waals surface area contributed by atoms with Gasteiger partial charge in [0.25, 0.3) is 5.91 Å². The Kier molecular flexibility index (Phi) is 4.71. The van der Waals surface area contributed by atoms with Gasteiger partial charge in [-0.3, -0.25) is 4.79 Å². The second-order valence-electron chi connectivity index (χ2n) is 6.22. The van der Waals surface area contributed by atoms with Gasteiger partial charge < -0.3 is 14.7 Å². The average Bonchev–Trinajstić information content (AvgIpc) is 2.95. The van der Waals surface area contributed by atoms with E-state index in [-0.39, 0.29) is 24.0 Å². The Morgan fingerprint density at radius 3 is 2.95 bits per heavy atom. The fraction of sp³-hybridized carbons (Fsp3) is 0.588. The van der Waals surface area contributed by atoms with Crippen LogP contribution in [-0.4, -0.2) is 47.8 Å². The Bertz CT molecular complexity index is 563. The molecule has 1 N–H and O–H groups in total. The molecule has 0 aromatic heterocycles. The number of ether oxygens (including phenoxy) is 1. The highest BCUT2D eigenvalue weighted by Crippen LogP contribution is 2.33. The van der Waals surface area contributed by atoms with Crippen LogP contribution in [0.1, 0.15) is 35.2 Å². The molecule has 3 rings (SSSR count). The van der Waals surface area contributed by atoms with Gasteiger partial charge >= 0.3 is 0 Å². The van der Waals surface area contributed by atoms with Gasteiger partial charge in [0.1, 0.15) is 0 Å². The molecule has 2 fully saturated rings. The van der Waals surface area contributed by atoms with E-state index >= 15 is 0 Å². The molecule has 4 nitrogen and oxygen atoms in total. The van der Waals surface area contributed by atoms with E-state index in [1.165, 1.54) is 0 Å². The van der Waals surface area contributed by atoms with Crippen molar-refractivity contribution in [2.45, 2.75) is 38.3 Å². The SMILES string of the molecule is Cc1c(Cl)cccc1C(=O)N1CCOCC1C1CCCC1O. The quantitative estimate of drug-likeness (QED) is 0.910. The maximum absolute atomic E-state index is 13.0. The van der Waals surface area contributed by atoms with Gasteiger partial charge in [-0.25, -0.2) is 0 Å². The molecule has 1 aromatic carbocycles. The number of aliphatic hydroxyl groups excluding tert-OH is 1. The van der Waals surface area contributed by atoms with Gasteiger partial charge in [-0.1, -0.05) is 24.1 Å². The molecular formula is C17H22ClNO3. The van der Waals surface area contributed by atoms with Crippen molar-refractivity contribution in [3.8, 4) is 0 Å². The van der Waals surface area contributed by atoms with Crippen LogP contribution in [0.4, 0.5) is 0 Å². The number of carbonyl (C=O) groups excluding carboxylic acids is 1. The number of rotatable bonds is 2. The number of benzene rings is 1. The van der Waals surface area contributed by atoms with Gasteiger partial charge in [-0.05, 0) is 37.5 Å². The first-order chi connectivity index (χ1) is 10.6. The molecule has 0 radical (unpaired) electrons. The summed E-state index contributed by atoms with van der Waals surface area (Å²) < 4.78 is 5.58. The first kappa shape index (κ1) is 15.8. The smallest absolute Gasteiger partial charge is 0.254 e. The maximum atomic E-state index is 13.0. The predicted molar refractivity (Wildman–Crippen MR) is 85.2 cm³/mol. The molecule has 1 aliphatic carbocycles. The molecule has 3 unspecified atom stereocenters. The zero-order valence-electron chi connectivity index (χ0n) is 12.8. The highest BCUT2D eigenvalue weighted by molar-refractivity contribution is 6.31. The summed E-state index contributed by atoms with van der Waals surface area (Å²) in [6.07, 6.45) is 2.45. The zero-order chi connectivity index (χ0) is 15.7. The molecule has 0 spiro atoms. The molecule has 1 heterocycles. The van der Waals surface area contributed by atoms with E-state index in [4.69, 9.17) is 16.3 Å². The van der Waals surface area contributed by atoms with Crippen molar-refractivity contribution in [1.29, 1.82) is 0 Å². The van der Waals surface area contributed by atoms with Gasteiger partial charge in [-0.2, -0.15) is 0 Å². The van der Waals surface area contributed by atoms with Crippen LogP contribution in [0.15, 0.2) is 18.2 Å². The topological polar surface area (TPSA) is 49.8 Å². The molecule has 0 bridgehead atoms. The number of aliphatic hydroxyl groups is 1. The summed E-state index contributed by atoms with van der Waals surface area (Å²) >= 11 is 6.15. The molecule has 2 aliphatic rings. The second-order valence-corrected chi connectivity index (χ2v) is 6.62. The number of carbonyl (C=O) groups is 1. The number of nitrogens with zero attached hydrogens (tertiary/aromatic N) is 1. The Labute approximate surface area is 136 Å². The summed E-state index contributed by atoms with van der Waals surface area (Å²) in [5.41, 5.74) is 1.46.